The molecule has 0 saturated heterocycles. The van der Waals surface area contributed by atoms with E-state index in [-0.39, 0.29) is 24.0 Å². The third-order valence-electron chi connectivity index (χ3n) is 4.73. The van der Waals surface area contributed by atoms with Gasteiger partial charge < -0.3 is 28.5 Å². The first-order valence-electron chi connectivity index (χ1n) is 8.98. The van der Waals surface area contributed by atoms with Crippen molar-refractivity contribution in [3.63, 3.8) is 0 Å². The quantitative estimate of drug-likeness (QED) is 0.227. The van der Waals surface area contributed by atoms with Crippen molar-refractivity contribution in [1.29, 1.82) is 0 Å². The fraction of sp³-hybridized carbons (Fsp3) is 0.0870. The Morgan fingerprint density at radius 3 is 2.00 bits per heavy atom. The number of aryl methyl sites for hydroxylation is 1. The van der Waals surface area contributed by atoms with Crippen LogP contribution in [0.25, 0.3) is 5.69 Å². The minimum atomic E-state index is -2.77. The van der Waals surface area contributed by atoms with Gasteiger partial charge in [0.2, 0.25) is 6.33 Å². The molecule has 0 aliphatic carbocycles. The van der Waals surface area contributed by atoms with Crippen LogP contribution in [0.15, 0.2) is 104 Å². The molecule has 4 aromatic rings. The van der Waals surface area contributed by atoms with Gasteiger partial charge in [0.05, 0.1) is 7.05 Å². The molecule has 0 aliphatic rings. The number of rotatable bonds is 5. The lowest BCUT2D eigenvalue weighted by atomic mass is 10.2. The summed E-state index contributed by atoms with van der Waals surface area (Å²) in [6, 6.07) is 28.0. The van der Waals surface area contributed by atoms with E-state index in [9.17, 15) is 4.57 Å². The van der Waals surface area contributed by atoms with Crippen LogP contribution in [-0.2, 0) is 17.8 Å². The fourth-order valence-electron chi connectivity index (χ4n) is 3.34. The number of aromatic nitrogens is 2. The monoisotopic (exact) mass is 500 g/mol. The Morgan fingerprint density at radius 1 is 0.857 bits per heavy atom. The van der Waals surface area contributed by atoms with Crippen LogP contribution in [0.5, 0.6) is 0 Å². The van der Waals surface area contributed by atoms with Gasteiger partial charge in [0.15, 0.2) is 0 Å². The molecule has 28 heavy (non-hydrogen) atoms. The second-order valence-electron chi connectivity index (χ2n) is 6.73. The number of halogens is 1. The summed E-state index contributed by atoms with van der Waals surface area (Å²) in [5.41, 5.74) is 2.14. The highest BCUT2D eigenvalue weighted by atomic mass is 127. The molecule has 142 valence electrons. The summed E-state index contributed by atoms with van der Waals surface area (Å²) in [6.07, 6.45) is 6.55. The zero-order valence-corrected chi connectivity index (χ0v) is 18.7. The van der Waals surface area contributed by atoms with Gasteiger partial charge in [-0.2, -0.15) is 0 Å². The largest absolute Gasteiger partial charge is 1.00 e. The maximum absolute atomic E-state index is 14.2. The number of imidazole rings is 1. The Kier molecular flexibility index (Phi) is 6.53. The van der Waals surface area contributed by atoms with Crippen molar-refractivity contribution in [2.75, 3.05) is 0 Å². The molecule has 5 heteroatoms. The number of hydrogen-bond acceptors (Lipinski definition) is 1. The topological polar surface area (TPSA) is 25.9 Å². The number of benzene rings is 3. The molecule has 0 N–H and O–H groups in total. The first-order chi connectivity index (χ1) is 13.1. The smallest absolute Gasteiger partial charge is 0.248 e. The maximum atomic E-state index is 14.2. The van der Waals surface area contributed by atoms with Crippen LogP contribution in [0, 0.1) is 0 Å². The summed E-state index contributed by atoms with van der Waals surface area (Å²) in [5, 5.41) is 1.79. The molecule has 0 atom stereocenters. The minimum absolute atomic E-state index is 0. The molecule has 3 nitrogen and oxygen atoms in total. The average Bonchev–Trinajstić information content (AvgIpc) is 3.16. The predicted octanol–water partition coefficient (Wildman–Crippen LogP) is 0.820. The van der Waals surface area contributed by atoms with Crippen molar-refractivity contribution in [2.45, 2.75) is 6.16 Å². The van der Waals surface area contributed by atoms with Crippen molar-refractivity contribution in [3.8, 4) is 5.69 Å². The van der Waals surface area contributed by atoms with E-state index in [1.165, 1.54) is 0 Å². The van der Waals surface area contributed by atoms with Gasteiger partial charge in [-0.05, 0) is 17.7 Å². The van der Waals surface area contributed by atoms with Crippen molar-refractivity contribution >= 4 is 17.8 Å². The molecule has 0 amide bonds. The Morgan fingerprint density at radius 2 is 1.46 bits per heavy atom. The molecule has 3 aromatic carbocycles. The van der Waals surface area contributed by atoms with E-state index in [2.05, 4.69) is 22.8 Å². The molecule has 0 radical (unpaired) electrons. The van der Waals surface area contributed by atoms with Crippen LogP contribution in [-0.4, -0.2) is 4.57 Å². The average molecular weight is 500 g/mol. The lowest BCUT2D eigenvalue weighted by Crippen LogP contribution is -3.00. The third-order valence-corrected chi connectivity index (χ3v) is 7.80. The Labute approximate surface area is 183 Å². The lowest BCUT2D eigenvalue weighted by Gasteiger charge is -2.19. The van der Waals surface area contributed by atoms with E-state index in [0.717, 1.165) is 21.9 Å². The molecular formula is C23H22IN2OP. The van der Waals surface area contributed by atoms with Gasteiger partial charge in [-0.1, -0.05) is 72.8 Å². The minimum Gasteiger partial charge on any atom is -1.00 e. The highest BCUT2D eigenvalue weighted by Crippen LogP contribution is 2.46. The highest BCUT2D eigenvalue weighted by molar-refractivity contribution is 7.78. The van der Waals surface area contributed by atoms with Crippen LogP contribution >= 0.6 is 7.14 Å². The van der Waals surface area contributed by atoms with Crippen LogP contribution in [0.2, 0.25) is 0 Å². The summed E-state index contributed by atoms with van der Waals surface area (Å²) >= 11 is 0. The summed E-state index contributed by atoms with van der Waals surface area (Å²) in [7, 11) is -0.767. The first kappa shape index (κ1) is 20.6. The molecule has 1 aromatic heterocycles. The molecule has 0 fully saturated rings. The van der Waals surface area contributed by atoms with Crippen LogP contribution < -0.4 is 39.2 Å². The summed E-state index contributed by atoms with van der Waals surface area (Å²) in [4.78, 5) is 0. The van der Waals surface area contributed by atoms with Gasteiger partial charge in [-0.3, -0.25) is 0 Å². The van der Waals surface area contributed by atoms with Crippen molar-refractivity contribution in [2.24, 2.45) is 7.05 Å². The van der Waals surface area contributed by atoms with E-state index in [1.807, 2.05) is 97.1 Å². The Hall–Kier alpha value is -2.17. The lowest BCUT2D eigenvalue weighted by molar-refractivity contribution is -0.670. The van der Waals surface area contributed by atoms with Crippen molar-refractivity contribution in [3.05, 3.63) is 109 Å². The molecule has 1 heterocycles. The molecule has 0 saturated carbocycles. The van der Waals surface area contributed by atoms with Gasteiger partial charge in [0, 0.05) is 16.8 Å². The Balaban J connectivity index is 0.00000225. The number of hydrogen-bond donors (Lipinski definition) is 0. The van der Waals surface area contributed by atoms with Crippen molar-refractivity contribution in [1.82, 2.24) is 4.57 Å². The molecule has 0 aliphatic heterocycles. The van der Waals surface area contributed by atoms with E-state index >= 15 is 0 Å². The van der Waals surface area contributed by atoms with Gasteiger partial charge >= 0.3 is 0 Å². The van der Waals surface area contributed by atoms with Gasteiger partial charge in [-0.25, -0.2) is 9.13 Å². The number of nitrogens with zero attached hydrogens (tertiary/aromatic N) is 2. The van der Waals surface area contributed by atoms with E-state index in [0.29, 0.717) is 6.16 Å². The SMILES string of the molecule is C[n+]1ccn(-c2cccc(CP(=O)(c3ccccc3)c3ccccc3)c2)c1.[I-]. The molecule has 0 bridgehead atoms. The maximum Gasteiger partial charge on any atom is 0.248 e. The second kappa shape index (κ2) is 8.89. The zero-order chi connectivity index (χ0) is 18.7. The van der Waals surface area contributed by atoms with Crippen molar-refractivity contribution < 1.29 is 33.1 Å². The van der Waals surface area contributed by atoms with E-state index in [4.69, 9.17) is 0 Å². The normalized spacial score (nSPS) is 11.0. The Bertz CT molecular complexity index is 1050. The van der Waals surface area contributed by atoms with Crippen LogP contribution in [0.1, 0.15) is 5.56 Å². The molecule has 0 unspecified atom stereocenters. The van der Waals surface area contributed by atoms with Gasteiger partial charge in [0.1, 0.15) is 25.2 Å². The van der Waals surface area contributed by atoms with E-state index < -0.39 is 7.14 Å². The first-order valence-corrected chi connectivity index (χ1v) is 10.9. The molecule has 0 spiro atoms. The second-order valence-corrected chi connectivity index (χ2v) is 9.55. The fourth-order valence-corrected chi connectivity index (χ4v) is 6.03. The molecular weight excluding hydrogens is 478 g/mol. The van der Waals surface area contributed by atoms with Gasteiger partial charge in [-0.15, -0.1) is 0 Å². The highest BCUT2D eigenvalue weighted by Gasteiger charge is 2.27. The molecule has 4 rings (SSSR count). The summed E-state index contributed by atoms with van der Waals surface area (Å²) < 4.78 is 18.3. The van der Waals surface area contributed by atoms with Crippen LogP contribution in [0.3, 0.4) is 0 Å². The zero-order valence-electron chi connectivity index (χ0n) is 15.6. The van der Waals surface area contributed by atoms with Gasteiger partial charge in [0.25, 0.3) is 0 Å². The van der Waals surface area contributed by atoms with E-state index in [1.54, 1.807) is 0 Å². The predicted molar refractivity (Wildman–Crippen MR) is 110 cm³/mol. The third kappa shape index (κ3) is 4.29. The van der Waals surface area contributed by atoms with Crippen LogP contribution in [0.4, 0.5) is 0 Å². The summed E-state index contributed by atoms with van der Waals surface area (Å²) in [5.74, 6) is 0. The summed E-state index contributed by atoms with van der Waals surface area (Å²) in [6.45, 7) is 0. The standard InChI is InChI=1S/C23H22N2OP.HI/c1-24-15-16-25(19-24)21-10-8-9-20(17-21)18-27(26,22-11-4-2-5-12-22)23-13-6-3-7-14-23;/h2-17,19H,18H2,1H3;1H/q+1;/p-1.